The van der Waals surface area contributed by atoms with Crippen molar-refractivity contribution >= 4 is 33.7 Å². The first-order valence-corrected chi connectivity index (χ1v) is 7.77. The number of aryl methyl sites for hydroxylation is 1. The Morgan fingerprint density at radius 2 is 2.05 bits per heavy atom. The predicted molar refractivity (Wildman–Crippen MR) is 86.2 cm³/mol. The number of hydrogen-bond donors (Lipinski definition) is 0. The molecule has 21 heavy (non-hydrogen) atoms. The molecular weight excluding hydrogens is 335 g/mol. The Labute approximate surface area is 131 Å². The van der Waals surface area contributed by atoms with Gasteiger partial charge in [-0.15, -0.1) is 0 Å². The van der Waals surface area contributed by atoms with Crippen molar-refractivity contribution in [3.63, 3.8) is 0 Å². The first-order chi connectivity index (χ1) is 10.1. The second-order valence-electron chi connectivity index (χ2n) is 5.19. The summed E-state index contributed by atoms with van der Waals surface area (Å²) in [5, 5.41) is 0. The molecule has 0 bridgehead atoms. The fourth-order valence-corrected chi connectivity index (χ4v) is 2.98. The van der Waals surface area contributed by atoms with E-state index in [-0.39, 0.29) is 5.82 Å². The van der Waals surface area contributed by atoms with Crippen molar-refractivity contribution < 1.29 is 8.81 Å². The molecule has 0 amide bonds. The number of nitrogens with zero attached hydrogens (tertiary/aromatic N) is 2. The number of anilines is 1. The molecule has 0 N–H and O–H groups in total. The average Bonchev–Trinajstić information content (AvgIpc) is 3.09. The molecule has 2 heterocycles. The van der Waals surface area contributed by atoms with Gasteiger partial charge in [-0.05, 0) is 59.5 Å². The van der Waals surface area contributed by atoms with Crippen LogP contribution in [-0.4, -0.2) is 19.3 Å². The van der Waals surface area contributed by atoms with Crippen molar-refractivity contribution in [1.82, 2.24) is 0 Å². The summed E-state index contributed by atoms with van der Waals surface area (Å²) in [6, 6.07) is 6.70. The van der Waals surface area contributed by atoms with E-state index in [0.717, 1.165) is 23.4 Å². The molecule has 5 heteroatoms. The molecule has 0 unspecified atom stereocenters. The molecule has 0 aliphatic carbocycles. The molecule has 3 rings (SSSR count). The number of aliphatic imine (C=N–C) groups is 1. The Bertz CT molecular complexity index is 675. The van der Waals surface area contributed by atoms with Crippen LogP contribution in [0.4, 0.5) is 16.0 Å². The Morgan fingerprint density at radius 3 is 2.76 bits per heavy atom. The van der Waals surface area contributed by atoms with Crippen LogP contribution in [0.15, 0.2) is 38.1 Å². The zero-order valence-electron chi connectivity index (χ0n) is 11.8. The van der Waals surface area contributed by atoms with Gasteiger partial charge in [-0.25, -0.2) is 4.39 Å². The molecule has 0 radical (unpaired) electrons. The largest absolute Gasteiger partial charge is 0.438 e. The molecule has 0 saturated carbocycles. The van der Waals surface area contributed by atoms with Crippen molar-refractivity contribution in [2.45, 2.75) is 19.8 Å². The van der Waals surface area contributed by atoms with E-state index in [9.17, 15) is 4.39 Å². The van der Waals surface area contributed by atoms with E-state index in [1.54, 1.807) is 25.3 Å². The third-order valence-electron chi connectivity index (χ3n) is 3.56. The third-order valence-corrected chi connectivity index (χ3v) is 4.13. The molecule has 2 aromatic rings. The van der Waals surface area contributed by atoms with Gasteiger partial charge in [0.25, 0.3) is 0 Å². The fraction of sp³-hybridized carbons (Fsp3) is 0.312. The van der Waals surface area contributed by atoms with Crippen LogP contribution in [0, 0.1) is 12.7 Å². The van der Waals surface area contributed by atoms with E-state index in [0.29, 0.717) is 17.0 Å². The van der Waals surface area contributed by atoms with Crippen LogP contribution in [0.1, 0.15) is 24.2 Å². The monoisotopic (exact) mass is 350 g/mol. The van der Waals surface area contributed by atoms with E-state index in [4.69, 9.17) is 4.42 Å². The first kappa shape index (κ1) is 14.3. The highest BCUT2D eigenvalue weighted by molar-refractivity contribution is 9.10. The van der Waals surface area contributed by atoms with Gasteiger partial charge in [0.15, 0.2) is 0 Å². The topological polar surface area (TPSA) is 28.7 Å². The number of hydrogen-bond acceptors (Lipinski definition) is 3. The van der Waals surface area contributed by atoms with Crippen molar-refractivity contribution in [2.75, 3.05) is 18.0 Å². The highest BCUT2D eigenvalue weighted by atomic mass is 79.9. The van der Waals surface area contributed by atoms with Gasteiger partial charge in [0, 0.05) is 19.2 Å². The van der Waals surface area contributed by atoms with Gasteiger partial charge in [0.05, 0.1) is 16.4 Å². The lowest BCUT2D eigenvalue weighted by molar-refractivity contribution is 0.549. The van der Waals surface area contributed by atoms with Crippen LogP contribution in [0.3, 0.4) is 0 Å². The van der Waals surface area contributed by atoms with E-state index >= 15 is 0 Å². The van der Waals surface area contributed by atoms with Gasteiger partial charge in [0.2, 0.25) is 5.88 Å². The smallest absolute Gasteiger partial charge is 0.210 e. The lowest BCUT2D eigenvalue weighted by atomic mass is 10.2. The molecule has 1 aliphatic heterocycles. The minimum absolute atomic E-state index is 0.217. The zero-order valence-corrected chi connectivity index (χ0v) is 13.4. The quantitative estimate of drug-likeness (QED) is 0.741. The minimum atomic E-state index is -0.217. The molecule has 0 spiro atoms. The molecular formula is C16H16BrFN2O. The predicted octanol–water partition coefficient (Wildman–Crippen LogP) is 4.84. The summed E-state index contributed by atoms with van der Waals surface area (Å²) >= 11 is 3.53. The van der Waals surface area contributed by atoms with E-state index in [1.807, 2.05) is 6.07 Å². The second kappa shape index (κ2) is 6.02. The Hall–Kier alpha value is -1.62. The molecule has 0 atom stereocenters. The summed E-state index contributed by atoms with van der Waals surface area (Å²) in [6.45, 7) is 3.78. The van der Waals surface area contributed by atoms with E-state index in [1.165, 1.54) is 18.9 Å². The Morgan fingerprint density at radius 1 is 1.29 bits per heavy atom. The lowest BCUT2D eigenvalue weighted by Crippen LogP contribution is -2.17. The van der Waals surface area contributed by atoms with Crippen molar-refractivity contribution in [1.29, 1.82) is 0 Å². The summed E-state index contributed by atoms with van der Waals surface area (Å²) in [5.41, 5.74) is 1.30. The van der Waals surface area contributed by atoms with Gasteiger partial charge in [0.1, 0.15) is 11.6 Å². The number of benzene rings is 1. The molecule has 1 aromatic carbocycles. The molecule has 1 aromatic heterocycles. The van der Waals surface area contributed by atoms with Crippen LogP contribution in [-0.2, 0) is 0 Å². The van der Waals surface area contributed by atoms with Gasteiger partial charge in [-0.1, -0.05) is 0 Å². The van der Waals surface area contributed by atoms with E-state index < -0.39 is 0 Å². The third kappa shape index (κ3) is 3.18. The van der Waals surface area contributed by atoms with Crippen molar-refractivity contribution in [3.8, 4) is 0 Å². The zero-order chi connectivity index (χ0) is 14.8. The molecule has 1 aliphatic rings. The standard InChI is InChI=1S/C16H16BrFN2O/c1-11-8-12(4-5-15(11)18)19-10-13-9-14(17)16(21-13)20-6-2-3-7-20/h4-5,8-10H,2-3,6-7H2,1H3. The highest BCUT2D eigenvalue weighted by Gasteiger charge is 2.19. The Balaban J connectivity index is 1.79. The van der Waals surface area contributed by atoms with Crippen molar-refractivity contribution in [3.05, 3.63) is 45.9 Å². The summed E-state index contributed by atoms with van der Waals surface area (Å²) in [4.78, 5) is 6.56. The maximum Gasteiger partial charge on any atom is 0.210 e. The Kier molecular flexibility index (Phi) is 4.10. The van der Waals surface area contributed by atoms with Crippen LogP contribution >= 0.6 is 15.9 Å². The SMILES string of the molecule is Cc1cc(N=Cc2cc(Br)c(N3CCCC3)o2)ccc1F. The summed E-state index contributed by atoms with van der Waals surface area (Å²) in [5.74, 6) is 1.33. The van der Waals surface area contributed by atoms with Gasteiger partial charge in [-0.3, -0.25) is 4.99 Å². The first-order valence-electron chi connectivity index (χ1n) is 6.98. The fourth-order valence-electron chi connectivity index (χ4n) is 2.42. The van der Waals surface area contributed by atoms with Gasteiger partial charge >= 0.3 is 0 Å². The second-order valence-corrected chi connectivity index (χ2v) is 6.04. The lowest BCUT2D eigenvalue weighted by Gasteiger charge is -2.13. The van der Waals surface area contributed by atoms with E-state index in [2.05, 4.69) is 25.8 Å². The summed E-state index contributed by atoms with van der Waals surface area (Å²) in [6.07, 6.45) is 4.06. The normalized spacial score (nSPS) is 15.3. The highest BCUT2D eigenvalue weighted by Crippen LogP contribution is 2.32. The summed E-state index contributed by atoms with van der Waals surface area (Å²) in [7, 11) is 0. The average molecular weight is 351 g/mol. The molecule has 1 fully saturated rings. The number of furan rings is 1. The molecule has 3 nitrogen and oxygen atoms in total. The maximum absolute atomic E-state index is 13.2. The van der Waals surface area contributed by atoms with Crippen LogP contribution in [0.25, 0.3) is 0 Å². The van der Waals surface area contributed by atoms with Crippen LogP contribution in [0.2, 0.25) is 0 Å². The molecule has 1 saturated heterocycles. The van der Waals surface area contributed by atoms with Gasteiger partial charge < -0.3 is 9.32 Å². The number of halogens is 2. The maximum atomic E-state index is 13.2. The minimum Gasteiger partial charge on any atom is -0.438 e. The van der Waals surface area contributed by atoms with Crippen LogP contribution in [0.5, 0.6) is 0 Å². The number of rotatable bonds is 3. The van der Waals surface area contributed by atoms with Crippen LogP contribution < -0.4 is 4.90 Å². The van der Waals surface area contributed by atoms with Crippen molar-refractivity contribution in [2.24, 2.45) is 4.99 Å². The molecule has 110 valence electrons. The summed E-state index contributed by atoms with van der Waals surface area (Å²) < 4.78 is 20.0. The van der Waals surface area contributed by atoms with Gasteiger partial charge in [-0.2, -0.15) is 0 Å².